The van der Waals surface area contributed by atoms with Crippen molar-refractivity contribution in [3.05, 3.63) is 59.7 Å². The number of phenols is 2. The van der Waals surface area contributed by atoms with Crippen LogP contribution in [-0.2, 0) is 4.74 Å². The highest BCUT2D eigenvalue weighted by molar-refractivity contribution is 6.18. The van der Waals surface area contributed by atoms with Crippen LogP contribution in [0.5, 0.6) is 11.5 Å². The monoisotopic (exact) mass is 308 g/mol. The topological polar surface area (TPSA) is 53.0 Å². The molecule has 0 saturated carbocycles. The molecule has 1 aliphatic heterocycles. The Morgan fingerprint density at radius 2 is 1.33 bits per heavy atom. The Morgan fingerprint density at radius 3 is 1.48 bits per heavy atom. The number of hydrogen-bond donors (Lipinski definition) is 2. The van der Waals surface area contributed by atoms with E-state index in [1.54, 1.807) is 12.1 Å². The van der Waals surface area contributed by atoms with E-state index in [1.165, 1.54) is 0 Å². The molecule has 1 saturated heterocycles. The van der Waals surface area contributed by atoms with Crippen LogP contribution in [0.4, 0.5) is 0 Å². The first-order valence-corrected chi connectivity index (χ1v) is 7.24. The number of halogens is 1. The largest absolute Gasteiger partial charge is 0.508 e. The lowest BCUT2D eigenvalue weighted by atomic mass is 10.2. The van der Waals surface area contributed by atoms with E-state index in [9.17, 15) is 0 Å². The minimum absolute atomic E-state index is 0.368. The van der Waals surface area contributed by atoms with Gasteiger partial charge in [0.1, 0.15) is 11.5 Å². The summed E-state index contributed by atoms with van der Waals surface area (Å²) < 4.78 is 4.73. The molecule has 0 aromatic heterocycles. The van der Waals surface area contributed by atoms with Gasteiger partial charge in [0.15, 0.2) is 0 Å². The van der Waals surface area contributed by atoms with Gasteiger partial charge in [-0.25, -0.2) is 0 Å². The molecule has 1 fully saturated rings. The average molecular weight is 309 g/mol. The number of rotatable bonds is 1. The van der Waals surface area contributed by atoms with Crippen LogP contribution >= 0.6 is 11.6 Å². The number of alkyl halides is 1. The number of para-hydroxylation sites is 2. The van der Waals surface area contributed by atoms with Gasteiger partial charge >= 0.3 is 0 Å². The molecule has 3 rings (SSSR count). The molecule has 1 atom stereocenters. The van der Waals surface area contributed by atoms with E-state index in [1.807, 2.05) is 50.2 Å². The van der Waals surface area contributed by atoms with Gasteiger partial charge in [0.2, 0.25) is 0 Å². The summed E-state index contributed by atoms with van der Waals surface area (Å²) in [6, 6.07) is 14.5. The van der Waals surface area contributed by atoms with Crippen LogP contribution in [0.1, 0.15) is 11.1 Å². The second kappa shape index (κ2) is 9.27. The number of aromatic hydroxyl groups is 2. The van der Waals surface area contributed by atoms with E-state index in [-0.39, 0.29) is 0 Å². The number of benzene rings is 2. The highest BCUT2D eigenvalue weighted by atomic mass is 35.5. The Kier molecular flexibility index (Phi) is 7.65. The van der Waals surface area contributed by atoms with Crippen molar-refractivity contribution in [2.75, 3.05) is 12.5 Å². The van der Waals surface area contributed by atoms with E-state index in [4.69, 9.17) is 26.6 Å². The first-order valence-electron chi connectivity index (χ1n) is 6.71. The van der Waals surface area contributed by atoms with Crippen molar-refractivity contribution in [3.8, 4) is 11.5 Å². The average Bonchev–Trinajstić information content (AvgIpc) is 3.31. The number of aryl methyl sites for hydroxylation is 2. The number of hydrogen-bond acceptors (Lipinski definition) is 3. The smallest absolute Gasteiger partial charge is 0.118 e. The molecular weight excluding hydrogens is 288 g/mol. The van der Waals surface area contributed by atoms with Crippen LogP contribution in [0.3, 0.4) is 0 Å². The van der Waals surface area contributed by atoms with Crippen molar-refractivity contribution < 1.29 is 14.9 Å². The second-order valence-corrected chi connectivity index (χ2v) is 4.99. The van der Waals surface area contributed by atoms with Crippen LogP contribution < -0.4 is 0 Å². The summed E-state index contributed by atoms with van der Waals surface area (Å²) in [7, 11) is 0. The molecule has 2 N–H and O–H groups in total. The molecule has 2 aromatic carbocycles. The van der Waals surface area contributed by atoms with Gasteiger partial charge in [-0.1, -0.05) is 36.4 Å². The first kappa shape index (κ1) is 17.3. The van der Waals surface area contributed by atoms with Gasteiger partial charge < -0.3 is 14.9 Å². The summed E-state index contributed by atoms with van der Waals surface area (Å²) in [5, 5.41) is 17.8. The number of epoxide rings is 1. The Labute approximate surface area is 130 Å². The van der Waals surface area contributed by atoms with Crippen LogP contribution in [0.2, 0.25) is 0 Å². The molecular formula is C17H21ClO3. The molecule has 0 bridgehead atoms. The summed E-state index contributed by atoms with van der Waals surface area (Å²) in [6.45, 7) is 4.62. The highest BCUT2D eigenvalue weighted by Crippen LogP contribution is 2.13. The molecule has 0 spiro atoms. The van der Waals surface area contributed by atoms with E-state index in [2.05, 4.69) is 0 Å². The third-order valence-corrected chi connectivity index (χ3v) is 3.15. The standard InChI is InChI=1S/2C7H8O.C3H5ClO/c2*1-6-4-2-3-5-7(6)8;4-1-3-2-5-3/h2*2-5,8H,1H3;3H,1-2H2. The van der Waals surface area contributed by atoms with Crippen LogP contribution in [0, 0.1) is 13.8 Å². The van der Waals surface area contributed by atoms with E-state index in [0.717, 1.165) is 17.7 Å². The van der Waals surface area contributed by atoms with E-state index in [0.29, 0.717) is 23.5 Å². The lowest BCUT2D eigenvalue weighted by Gasteiger charge is -1.92. The maximum atomic E-state index is 8.92. The second-order valence-electron chi connectivity index (χ2n) is 4.68. The third-order valence-electron chi connectivity index (χ3n) is 2.81. The zero-order chi connectivity index (χ0) is 15.7. The van der Waals surface area contributed by atoms with Gasteiger partial charge in [0.25, 0.3) is 0 Å². The fraction of sp³-hybridized carbons (Fsp3) is 0.294. The van der Waals surface area contributed by atoms with Crippen molar-refractivity contribution in [1.82, 2.24) is 0 Å². The molecule has 1 unspecified atom stereocenters. The molecule has 1 heterocycles. The van der Waals surface area contributed by atoms with Crippen molar-refractivity contribution >= 4 is 11.6 Å². The molecule has 114 valence electrons. The molecule has 0 aliphatic carbocycles. The van der Waals surface area contributed by atoms with Crippen LogP contribution in [0.25, 0.3) is 0 Å². The summed E-state index contributed by atoms with van der Waals surface area (Å²) in [5.74, 6) is 1.40. The maximum Gasteiger partial charge on any atom is 0.118 e. The summed E-state index contributed by atoms with van der Waals surface area (Å²) in [5.41, 5.74) is 1.85. The fourth-order valence-electron chi connectivity index (χ4n) is 1.28. The number of ether oxygens (including phenoxy) is 1. The lowest BCUT2D eigenvalue weighted by molar-refractivity contribution is 0.425. The summed E-state index contributed by atoms with van der Waals surface area (Å²) in [4.78, 5) is 0. The van der Waals surface area contributed by atoms with Gasteiger partial charge in [-0.15, -0.1) is 11.6 Å². The molecule has 0 radical (unpaired) electrons. The van der Waals surface area contributed by atoms with Crippen molar-refractivity contribution in [3.63, 3.8) is 0 Å². The van der Waals surface area contributed by atoms with Gasteiger partial charge in [0, 0.05) is 0 Å². The zero-order valence-electron chi connectivity index (χ0n) is 12.3. The zero-order valence-corrected chi connectivity index (χ0v) is 13.0. The predicted molar refractivity (Wildman–Crippen MR) is 86.1 cm³/mol. The quantitative estimate of drug-likeness (QED) is 0.618. The highest BCUT2D eigenvalue weighted by Gasteiger charge is 2.19. The maximum absolute atomic E-state index is 8.92. The molecule has 21 heavy (non-hydrogen) atoms. The van der Waals surface area contributed by atoms with E-state index < -0.39 is 0 Å². The Morgan fingerprint density at radius 1 is 0.952 bits per heavy atom. The van der Waals surface area contributed by atoms with Crippen molar-refractivity contribution in [1.29, 1.82) is 0 Å². The Balaban J connectivity index is 0.000000162. The molecule has 0 amide bonds. The lowest BCUT2D eigenvalue weighted by Crippen LogP contribution is -1.80. The minimum Gasteiger partial charge on any atom is -0.508 e. The Bertz CT molecular complexity index is 454. The third kappa shape index (κ3) is 7.59. The van der Waals surface area contributed by atoms with Gasteiger partial charge in [-0.05, 0) is 37.1 Å². The van der Waals surface area contributed by atoms with Crippen LogP contribution in [0.15, 0.2) is 48.5 Å². The summed E-state index contributed by atoms with van der Waals surface area (Å²) in [6.07, 6.45) is 0.400. The van der Waals surface area contributed by atoms with Crippen molar-refractivity contribution in [2.24, 2.45) is 0 Å². The Hall–Kier alpha value is -1.71. The molecule has 3 nitrogen and oxygen atoms in total. The molecule has 1 aliphatic rings. The fourth-order valence-corrected chi connectivity index (χ4v) is 1.46. The van der Waals surface area contributed by atoms with Gasteiger partial charge in [-0.2, -0.15) is 0 Å². The van der Waals surface area contributed by atoms with Crippen LogP contribution in [-0.4, -0.2) is 28.8 Å². The minimum atomic E-state index is 0.368. The SMILES string of the molecule is Cc1ccccc1O.Cc1ccccc1O.ClCC1CO1. The van der Waals surface area contributed by atoms with Gasteiger partial charge in [-0.3, -0.25) is 0 Å². The normalized spacial score (nSPS) is 15.1. The van der Waals surface area contributed by atoms with E-state index >= 15 is 0 Å². The van der Waals surface area contributed by atoms with Gasteiger partial charge in [0.05, 0.1) is 18.6 Å². The summed E-state index contributed by atoms with van der Waals surface area (Å²) >= 11 is 5.27. The molecule has 2 aromatic rings. The van der Waals surface area contributed by atoms with Crippen molar-refractivity contribution in [2.45, 2.75) is 20.0 Å². The predicted octanol–water partition coefficient (Wildman–Crippen LogP) is 4.03. The first-order chi connectivity index (χ1) is 10.0. The number of phenolic OH excluding ortho intramolecular Hbond substituents is 2. The molecule has 4 heteroatoms.